The fourth-order valence-electron chi connectivity index (χ4n) is 11.9. The Balaban J connectivity index is 5.24. The monoisotopic (exact) mass is 1420 g/mol. The number of hydrogen-bond donors (Lipinski definition) is 3. The number of aliphatic hydroxyl groups excluding tert-OH is 1. The van der Waals surface area contributed by atoms with E-state index >= 15 is 0 Å². The highest BCUT2D eigenvalue weighted by atomic mass is 31.2. The molecule has 0 aliphatic rings. The van der Waals surface area contributed by atoms with Gasteiger partial charge in [0, 0.05) is 25.7 Å². The third-order valence-corrected chi connectivity index (χ3v) is 20.4. The number of hydrogen-bond acceptors (Lipinski definition) is 15. The van der Waals surface area contributed by atoms with E-state index in [-0.39, 0.29) is 25.7 Å². The van der Waals surface area contributed by atoms with Gasteiger partial charge in [0.25, 0.3) is 0 Å². The molecule has 3 unspecified atom stereocenters. The maximum atomic E-state index is 13.1. The van der Waals surface area contributed by atoms with Crippen LogP contribution in [0.1, 0.15) is 402 Å². The lowest BCUT2D eigenvalue weighted by Gasteiger charge is -2.21. The van der Waals surface area contributed by atoms with E-state index in [1.165, 1.54) is 205 Å². The first-order chi connectivity index (χ1) is 46.8. The van der Waals surface area contributed by atoms with E-state index in [4.69, 9.17) is 37.0 Å². The van der Waals surface area contributed by atoms with Crippen molar-refractivity contribution in [2.75, 3.05) is 39.6 Å². The van der Waals surface area contributed by atoms with Crippen molar-refractivity contribution in [1.29, 1.82) is 0 Å². The van der Waals surface area contributed by atoms with E-state index in [1.54, 1.807) is 0 Å². The predicted molar refractivity (Wildman–Crippen MR) is 395 cm³/mol. The van der Waals surface area contributed by atoms with Gasteiger partial charge in [-0.05, 0) is 43.4 Å². The van der Waals surface area contributed by atoms with Crippen LogP contribution in [0, 0.1) is 17.8 Å². The maximum Gasteiger partial charge on any atom is 0.472 e. The van der Waals surface area contributed by atoms with E-state index in [0.717, 1.165) is 114 Å². The lowest BCUT2D eigenvalue weighted by atomic mass is 10.00. The summed E-state index contributed by atoms with van der Waals surface area (Å²) < 4.78 is 68.6. The van der Waals surface area contributed by atoms with Gasteiger partial charge in [0.1, 0.15) is 19.3 Å². The highest BCUT2D eigenvalue weighted by Crippen LogP contribution is 2.45. The van der Waals surface area contributed by atoms with Crippen LogP contribution in [0.5, 0.6) is 0 Å². The van der Waals surface area contributed by atoms with Crippen LogP contribution in [0.15, 0.2) is 0 Å². The standard InChI is InChI=1S/C78H152O17P2/c1-8-10-11-12-13-14-15-20-28-33-38-47-54-61-78(83)95-74(66-89-76(81)60-53-46-41-40-44-51-58-71(7)9-2)68-93-97(86,87)91-64-72(79)63-90-96(84,85)92-67-73(65-88-75(80)59-52-45-37-32-27-24-23-26-31-36-43-50-57-70(5)6)94-77(82)62-55-48-39-34-29-22-19-17-16-18-21-25-30-35-42-49-56-69(3)4/h69-74,79H,8-68H2,1-7H3,(H,84,85)(H,86,87)/t71?,72-,73-,74-/m1/s1. The quantitative estimate of drug-likeness (QED) is 0.0222. The van der Waals surface area contributed by atoms with Gasteiger partial charge < -0.3 is 33.8 Å². The van der Waals surface area contributed by atoms with Crippen LogP contribution in [-0.4, -0.2) is 96.7 Å². The van der Waals surface area contributed by atoms with Crippen LogP contribution in [0.25, 0.3) is 0 Å². The molecular formula is C78H152O17P2. The molecule has 0 saturated carbocycles. The Morgan fingerprint density at radius 2 is 0.526 bits per heavy atom. The molecule has 0 fully saturated rings. The minimum absolute atomic E-state index is 0.107. The van der Waals surface area contributed by atoms with Crippen molar-refractivity contribution in [3.63, 3.8) is 0 Å². The molecule has 0 spiro atoms. The van der Waals surface area contributed by atoms with Gasteiger partial charge in [-0.3, -0.25) is 37.3 Å². The molecule has 0 bridgehead atoms. The fourth-order valence-corrected chi connectivity index (χ4v) is 13.5. The second kappa shape index (κ2) is 68.5. The number of phosphoric ester groups is 2. The Morgan fingerprint density at radius 3 is 0.784 bits per heavy atom. The summed E-state index contributed by atoms with van der Waals surface area (Å²) in [6, 6.07) is 0. The second-order valence-corrected chi connectivity index (χ2v) is 32.2. The summed E-state index contributed by atoms with van der Waals surface area (Å²) in [6.45, 7) is 11.9. The molecule has 0 aromatic rings. The zero-order chi connectivity index (χ0) is 71.6. The van der Waals surface area contributed by atoms with Crippen LogP contribution in [0.3, 0.4) is 0 Å². The maximum absolute atomic E-state index is 13.1. The molecule has 0 rings (SSSR count). The average Bonchev–Trinajstić information content (AvgIpc) is 1.05. The zero-order valence-electron chi connectivity index (χ0n) is 63.5. The highest BCUT2D eigenvalue weighted by Gasteiger charge is 2.30. The number of carbonyl (C=O) groups is 4. The number of aliphatic hydroxyl groups is 1. The predicted octanol–water partition coefficient (Wildman–Crippen LogP) is 23.0. The Morgan fingerprint density at radius 1 is 0.299 bits per heavy atom. The molecule has 0 saturated heterocycles. The normalized spacial score (nSPS) is 14.3. The minimum Gasteiger partial charge on any atom is -0.462 e. The topological polar surface area (TPSA) is 237 Å². The number of phosphoric acid groups is 2. The van der Waals surface area contributed by atoms with E-state index in [0.29, 0.717) is 25.7 Å². The Hall–Kier alpha value is -1.94. The van der Waals surface area contributed by atoms with E-state index in [2.05, 4.69) is 48.5 Å². The van der Waals surface area contributed by atoms with Crippen molar-refractivity contribution in [2.24, 2.45) is 17.8 Å². The number of esters is 4. The average molecular weight is 1420 g/mol. The first-order valence-electron chi connectivity index (χ1n) is 40.4. The molecule has 6 atom stereocenters. The van der Waals surface area contributed by atoms with Gasteiger partial charge in [-0.2, -0.15) is 0 Å². The summed E-state index contributed by atoms with van der Waals surface area (Å²) in [7, 11) is -9.92. The fraction of sp³-hybridized carbons (Fsp3) is 0.949. The molecule has 0 aromatic heterocycles. The van der Waals surface area contributed by atoms with Crippen LogP contribution < -0.4 is 0 Å². The van der Waals surface area contributed by atoms with Crippen molar-refractivity contribution in [2.45, 2.75) is 420 Å². The third kappa shape index (κ3) is 70.9. The molecule has 0 aromatic carbocycles. The smallest absolute Gasteiger partial charge is 0.462 e. The van der Waals surface area contributed by atoms with Crippen molar-refractivity contribution in [3.05, 3.63) is 0 Å². The van der Waals surface area contributed by atoms with Crippen LogP contribution in [0.4, 0.5) is 0 Å². The molecule has 0 aliphatic heterocycles. The van der Waals surface area contributed by atoms with Crippen molar-refractivity contribution in [1.82, 2.24) is 0 Å². The molecule has 0 aliphatic carbocycles. The van der Waals surface area contributed by atoms with Gasteiger partial charge >= 0.3 is 39.5 Å². The first-order valence-corrected chi connectivity index (χ1v) is 43.4. The molecule has 0 amide bonds. The molecule has 0 radical (unpaired) electrons. The van der Waals surface area contributed by atoms with Gasteiger partial charge in [0.2, 0.25) is 0 Å². The summed E-state index contributed by atoms with van der Waals surface area (Å²) in [5.41, 5.74) is 0. The van der Waals surface area contributed by atoms with Gasteiger partial charge in [-0.1, -0.05) is 350 Å². The molecule has 0 heterocycles. The minimum atomic E-state index is -4.96. The number of unbranched alkanes of at least 4 members (excludes halogenated alkanes) is 43. The van der Waals surface area contributed by atoms with Gasteiger partial charge in [-0.15, -0.1) is 0 Å². The lowest BCUT2D eigenvalue weighted by molar-refractivity contribution is -0.161. The van der Waals surface area contributed by atoms with Gasteiger partial charge in [0.15, 0.2) is 12.2 Å². The van der Waals surface area contributed by atoms with Crippen LogP contribution >= 0.6 is 15.6 Å². The lowest BCUT2D eigenvalue weighted by Crippen LogP contribution is -2.30. The summed E-state index contributed by atoms with van der Waals surface area (Å²) in [5.74, 6) is 0.207. The Bertz CT molecular complexity index is 1890. The molecule has 576 valence electrons. The summed E-state index contributed by atoms with van der Waals surface area (Å²) in [5, 5.41) is 10.6. The molecule has 97 heavy (non-hydrogen) atoms. The SMILES string of the molecule is CCCCCCCCCCCCCCCC(=O)O[C@H](COC(=O)CCCCCCCCC(C)CC)COP(=O)(O)OC[C@H](O)COP(=O)(O)OC[C@@H](COC(=O)CCCCCCCCCCCCCCC(C)C)OC(=O)CCCCCCCCCCCCCCCCCCC(C)C. The van der Waals surface area contributed by atoms with Crippen molar-refractivity contribution < 1.29 is 80.2 Å². The summed E-state index contributed by atoms with van der Waals surface area (Å²) in [6.07, 6.45) is 55.4. The largest absolute Gasteiger partial charge is 0.472 e. The van der Waals surface area contributed by atoms with Crippen LogP contribution in [-0.2, 0) is 65.4 Å². The Kier molecular flexibility index (Phi) is 67.1. The molecule has 19 heteroatoms. The van der Waals surface area contributed by atoms with E-state index in [1.807, 2.05) is 0 Å². The number of rotatable bonds is 76. The molecular weight excluding hydrogens is 1270 g/mol. The number of ether oxygens (including phenoxy) is 4. The van der Waals surface area contributed by atoms with Crippen molar-refractivity contribution in [3.8, 4) is 0 Å². The molecule has 17 nitrogen and oxygen atoms in total. The van der Waals surface area contributed by atoms with Gasteiger partial charge in [-0.25, -0.2) is 9.13 Å². The second-order valence-electron chi connectivity index (χ2n) is 29.3. The van der Waals surface area contributed by atoms with Gasteiger partial charge in [0.05, 0.1) is 26.4 Å². The number of carbonyl (C=O) groups excluding carboxylic acids is 4. The summed E-state index contributed by atoms with van der Waals surface area (Å²) >= 11 is 0. The van der Waals surface area contributed by atoms with Crippen molar-refractivity contribution >= 4 is 39.5 Å². The van der Waals surface area contributed by atoms with E-state index < -0.39 is 97.5 Å². The van der Waals surface area contributed by atoms with Crippen LogP contribution in [0.2, 0.25) is 0 Å². The Labute approximate surface area is 594 Å². The summed E-state index contributed by atoms with van der Waals surface area (Å²) in [4.78, 5) is 72.9. The highest BCUT2D eigenvalue weighted by molar-refractivity contribution is 7.47. The molecule has 3 N–H and O–H groups in total. The zero-order valence-corrected chi connectivity index (χ0v) is 65.3. The first kappa shape index (κ1) is 95.1. The van der Waals surface area contributed by atoms with E-state index in [9.17, 15) is 43.2 Å². The third-order valence-electron chi connectivity index (χ3n) is 18.5.